The van der Waals surface area contributed by atoms with Crippen LogP contribution < -0.4 is 0 Å². The van der Waals surface area contributed by atoms with Gasteiger partial charge in [0, 0.05) is 15.6 Å². The molecule has 31 heavy (non-hydrogen) atoms. The molecule has 0 aliphatic carbocycles. The maximum absolute atomic E-state index is 13.3. The number of nitrogens with zero attached hydrogens (tertiary/aromatic N) is 3. The summed E-state index contributed by atoms with van der Waals surface area (Å²) in [6.45, 7) is 2.20. The van der Waals surface area contributed by atoms with E-state index in [1.165, 1.54) is 4.68 Å². The molecule has 8 heteroatoms. The minimum atomic E-state index is -3.76. The fraction of sp³-hybridized carbons (Fsp3) is 0.130. The highest BCUT2D eigenvalue weighted by molar-refractivity contribution is 7.90. The highest BCUT2D eigenvalue weighted by Gasteiger charge is 2.25. The Bertz CT molecular complexity index is 1320. The molecule has 1 heterocycles. The largest absolute Gasteiger partial charge is 0.246 e. The lowest BCUT2D eigenvalue weighted by Gasteiger charge is -2.08. The van der Waals surface area contributed by atoms with Crippen molar-refractivity contribution in [3.8, 4) is 11.4 Å². The second-order valence-corrected chi connectivity index (χ2v) is 9.96. The van der Waals surface area contributed by atoms with Gasteiger partial charge >= 0.3 is 0 Å². The Morgan fingerprint density at radius 1 is 0.839 bits per heavy atom. The lowest BCUT2D eigenvalue weighted by atomic mass is 10.1. The molecule has 4 aromatic rings. The summed E-state index contributed by atoms with van der Waals surface area (Å²) in [7, 11) is -3.76. The molecule has 0 aliphatic rings. The van der Waals surface area contributed by atoms with E-state index >= 15 is 0 Å². The van der Waals surface area contributed by atoms with E-state index in [1.807, 2.05) is 43.3 Å². The molecule has 0 spiro atoms. The van der Waals surface area contributed by atoms with E-state index < -0.39 is 9.84 Å². The second-order valence-electron chi connectivity index (χ2n) is 7.20. The monoisotopic (exact) mass is 471 g/mol. The maximum atomic E-state index is 13.3. The van der Waals surface area contributed by atoms with Gasteiger partial charge in [0.2, 0.25) is 15.0 Å². The highest BCUT2D eigenvalue weighted by Crippen LogP contribution is 2.24. The third-order valence-electron chi connectivity index (χ3n) is 4.82. The van der Waals surface area contributed by atoms with Gasteiger partial charge < -0.3 is 0 Å². The molecule has 158 valence electrons. The van der Waals surface area contributed by atoms with Crippen molar-refractivity contribution in [2.45, 2.75) is 24.4 Å². The van der Waals surface area contributed by atoms with E-state index in [0.717, 1.165) is 16.7 Å². The van der Waals surface area contributed by atoms with Gasteiger partial charge in [-0.15, -0.1) is 5.10 Å². The van der Waals surface area contributed by atoms with E-state index in [0.29, 0.717) is 21.4 Å². The lowest BCUT2D eigenvalue weighted by molar-refractivity contribution is 0.553. The quantitative estimate of drug-likeness (QED) is 0.367. The third-order valence-corrected chi connectivity index (χ3v) is 6.89. The number of hydrogen-bond donors (Lipinski definition) is 0. The van der Waals surface area contributed by atoms with Crippen LogP contribution in [0.4, 0.5) is 0 Å². The molecule has 4 rings (SSSR count). The summed E-state index contributed by atoms with van der Waals surface area (Å²) in [4.78, 5) is 4.45. The number of halogens is 2. The van der Waals surface area contributed by atoms with Gasteiger partial charge in [-0.2, -0.15) is 4.98 Å². The minimum absolute atomic E-state index is 0.0735. The third kappa shape index (κ3) is 4.98. The zero-order valence-electron chi connectivity index (χ0n) is 16.7. The molecule has 0 aliphatic heterocycles. The summed E-state index contributed by atoms with van der Waals surface area (Å²) in [6.07, 6.45) is 0. The molecule has 0 N–H and O–H groups in total. The number of benzene rings is 3. The zero-order valence-corrected chi connectivity index (χ0v) is 19.0. The molecule has 3 aromatic carbocycles. The average molecular weight is 472 g/mol. The topological polar surface area (TPSA) is 64.8 Å². The van der Waals surface area contributed by atoms with Crippen LogP contribution in [0.25, 0.3) is 11.4 Å². The molecular weight excluding hydrogens is 453 g/mol. The number of aryl methyl sites for hydroxylation is 1. The Hall–Kier alpha value is -2.67. The van der Waals surface area contributed by atoms with Gasteiger partial charge in [-0.05, 0) is 47.9 Å². The van der Waals surface area contributed by atoms with Crippen molar-refractivity contribution in [3.05, 3.63) is 99.5 Å². The first-order valence-corrected chi connectivity index (χ1v) is 12.0. The predicted octanol–water partition coefficient (Wildman–Crippen LogP) is 5.58. The summed E-state index contributed by atoms with van der Waals surface area (Å²) in [5.74, 6) is 0.179. The van der Waals surface area contributed by atoms with E-state index in [9.17, 15) is 8.42 Å². The van der Waals surface area contributed by atoms with Gasteiger partial charge in [0.05, 0.1) is 12.3 Å². The predicted molar refractivity (Wildman–Crippen MR) is 123 cm³/mol. The Labute approximate surface area is 191 Å². The van der Waals surface area contributed by atoms with Crippen LogP contribution in [0.1, 0.15) is 16.7 Å². The van der Waals surface area contributed by atoms with Crippen LogP contribution in [0.2, 0.25) is 10.0 Å². The molecule has 0 bridgehead atoms. The van der Waals surface area contributed by atoms with Crippen molar-refractivity contribution in [1.82, 2.24) is 14.8 Å². The van der Waals surface area contributed by atoms with Crippen molar-refractivity contribution < 1.29 is 8.42 Å². The number of sulfone groups is 1. The van der Waals surface area contributed by atoms with Gasteiger partial charge in [-0.1, -0.05) is 71.7 Å². The first-order chi connectivity index (χ1) is 14.8. The Morgan fingerprint density at radius 2 is 1.42 bits per heavy atom. The lowest BCUT2D eigenvalue weighted by Crippen LogP contribution is -2.14. The maximum Gasteiger partial charge on any atom is 0.246 e. The van der Waals surface area contributed by atoms with Crippen molar-refractivity contribution in [3.63, 3.8) is 0 Å². The molecule has 0 saturated heterocycles. The number of aromatic nitrogens is 3. The summed E-state index contributed by atoms with van der Waals surface area (Å²) in [6, 6.07) is 21.6. The second kappa shape index (κ2) is 8.83. The van der Waals surface area contributed by atoms with Crippen molar-refractivity contribution in [1.29, 1.82) is 0 Å². The summed E-state index contributed by atoms with van der Waals surface area (Å²) >= 11 is 11.9. The minimum Gasteiger partial charge on any atom is -0.231 e. The molecule has 0 amide bonds. The van der Waals surface area contributed by atoms with Crippen LogP contribution in [0.15, 0.2) is 78.0 Å². The van der Waals surface area contributed by atoms with Crippen LogP contribution in [0, 0.1) is 6.92 Å². The molecule has 0 saturated carbocycles. The Kier molecular flexibility index (Phi) is 6.14. The smallest absolute Gasteiger partial charge is 0.231 e. The molecular formula is C23H19Cl2N3O2S. The van der Waals surface area contributed by atoms with Crippen molar-refractivity contribution in [2.24, 2.45) is 0 Å². The Morgan fingerprint density at radius 3 is 2.03 bits per heavy atom. The van der Waals surface area contributed by atoms with Crippen LogP contribution in [-0.4, -0.2) is 23.2 Å². The fourth-order valence-electron chi connectivity index (χ4n) is 3.23. The van der Waals surface area contributed by atoms with Crippen LogP contribution in [-0.2, 0) is 22.1 Å². The van der Waals surface area contributed by atoms with Crippen LogP contribution in [0.5, 0.6) is 0 Å². The van der Waals surface area contributed by atoms with Gasteiger partial charge in [0.1, 0.15) is 0 Å². The molecule has 0 fully saturated rings. The normalized spacial score (nSPS) is 11.6. The van der Waals surface area contributed by atoms with E-state index in [1.54, 1.807) is 36.4 Å². The van der Waals surface area contributed by atoms with Crippen LogP contribution >= 0.6 is 23.2 Å². The first-order valence-electron chi connectivity index (χ1n) is 9.54. The average Bonchev–Trinajstić information content (AvgIpc) is 3.16. The number of rotatable bonds is 6. The molecule has 1 aromatic heterocycles. The molecule has 0 atom stereocenters. The SMILES string of the molecule is Cc1ccccc1-c1nc(S(=O)(=O)Cc2ccc(Cl)cc2)n(Cc2ccc(Cl)cc2)n1. The molecule has 0 unspecified atom stereocenters. The van der Waals surface area contributed by atoms with Crippen molar-refractivity contribution in [2.75, 3.05) is 0 Å². The highest BCUT2D eigenvalue weighted by atomic mass is 35.5. The van der Waals surface area contributed by atoms with Crippen LogP contribution in [0.3, 0.4) is 0 Å². The van der Waals surface area contributed by atoms with E-state index in [2.05, 4.69) is 10.1 Å². The van der Waals surface area contributed by atoms with Gasteiger partial charge in [0.15, 0.2) is 5.82 Å². The first kappa shape index (κ1) is 21.6. The molecule has 5 nitrogen and oxygen atoms in total. The van der Waals surface area contributed by atoms with E-state index in [-0.39, 0.29) is 17.5 Å². The Balaban J connectivity index is 1.77. The zero-order chi connectivity index (χ0) is 22.0. The van der Waals surface area contributed by atoms with Gasteiger partial charge in [-0.25, -0.2) is 13.1 Å². The fourth-order valence-corrected chi connectivity index (χ4v) is 4.89. The standard InChI is InChI=1S/C23H19Cl2N3O2S/c1-16-4-2-3-5-21(16)22-26-23(28(27-22)14-17-6-10-19(24)11-7-17)31(29,30)15-18-8-12-20(25)13-9-18/h2-13H,14-15H2,1H3. The summed E-state index contributed by atoms with van der Waals surface area (Å²) < 4.78 is 28.0. The summed E-state index contributed by atoms with van der Waals surface area (Å²) in [5, 5.41) is 5.64. The van der Waals surface area contributed by atoms with Gasteiger partial charge in [-0.3, -0.25) is 0 Å². The number of hydrogen-bond acceptors (Lipinski definition) is 4. The molecule has 0 radical (unpaired) electrons. The summed E-state index contributed by atoms with van der Waals surface area (Å²) in [5.41, 5.74) is 3.25. The van der Waals surface area contributed by atoms with Crippen molar-refractivity contribution >= 4 is 33.0 Å². The van der Waals surface area contributed by atoms with E-state index in [4.69, 9.17) is 23.2 Å². The van der Waals surface area contributed by atoms with Gasteiger partial charge in [0.25, 0.3) is 0 Å².